The van der Waals surface area contributed by atoms with E-state index < -0.39 is 13.4 Å². The van der Waals surface area contributed by atoms with Gasteiger partial charge in [-0.15, -0.1) is 0 Å². The predicted octanol–water partition coefficient (Wildman–Crippen LogP) is 1.16. The van der Waals surface area contributed by atoms with Gasteiger partial charge in [0.2, 0.25) is 0 Å². The molecule has 5 nitrogen and oxygen atoms in total. The molecule has 0 aliphatic rings. The van der Waals surface area contributed by atoms with Crippen LogP contribution in [0.25, 0.3) is 11.1 Å². The summed E-state index contributed by atoms with van der Waals surface area (Å²) in [6.45, 7) is 1.50. The van der Waals surface area contributed by atoms with E-state index in [1.54, 1.807) is 12.4 Å². The van der Waals surface area contributed by atoms with Gasteiger partial charge in [-0.3, -0.25) is 4.57 Å². The lowest BCUT2D eigenvalue weighted by Gasteiger charge is -2.08. The first-order valence-electron chi connectivity index (χ1n) is 5.89. The van der Waals surface area contributed by atoms with E-state index in [0.29, 0.717) is 0 Å². The molecule has 2 rings (SSSR count). The Labute approximate surface area is 111 Å². The van der Waals surface area contributed by atoms with Gasteiger partial charge in [0.25, 0.3) is 5.78 Å². The molecule has 2 heterocycles. The second kappa shape index (κ2) is 5.21. The zero-order valence-electron chi connectivity index (χ0n) is 10.8. The SMILES string of the molecule is CC([n+]1ccc(-c2cc[n+](C)cc2)cc1)P(=O)(O)O. The average Bonchev–Trinajstić information content (AvgIpc) is 2.38. The molecule has 0 aliphatic heterocycles. The van der Waals surface area contributed by atoms with Gasteiger partial charge in [-0.2, -0.15) is 4.57 Å². The molecule has 2 N–H and O–H groups in total. The normalized spacial score (nSPS) is 13.3. The van der Waals surface area contributed by atoms with E-state index in [0.717, 1.165) is 11.1 Å². The van der Waals surface area contributed by atoms with Crippen molar-refractivity contribution in [3.63, 3.8) is 0 Å². The molecule has 6 heteroatoms. The molecular formula is C13H17N2O3P+2. The maximum absolute atomic E-state index is 11.2. The Kier molecular flexibility index (Phi) is 3.80. The fraction of sp³-hybridized carbons (Fsp3) is 0.231. The molecule has 0 fully saturated rings. The first kappa shape index (κ1) is 13.9. The molecule has 1 unspecified atom stereocenters. The number of nitrogens with zero attached hydrogens (tertiary/aromatic N) is 2. The van der Waals surface area contributed by atoms with Crippen LogP contribution in [0.4, 0.5) is 0 Å². The molecule has 19 heavy (non-hydrogen) atoms. The maximum atomic E-state index is 11.2. The molecule has 100 valence electrons. The second-order valence-corrected chi connectivity index (χ2v) is 6.43. The van der Waals surface area contributed by atoms with Crippen molar-refractivity contribution in [3.05, 3.63) is 49.1 Å². The highest BCUT2D eigenvalue weighted by atomic mass is 31.2. The lowest BCUT2D eigenvalue weighted by atomic mass is 10.1. The minimum atomic E-state index is -4.11. The third kappa shape index (κ3) is 3.26. The first-order chi connectivity index (χ1) is 8.88. The Morgan fingerprint density at radius 1 is 1.00 bits per heavy atom. The average molecular weight is 280 g/mol. The van der Waals surface area contributed by atoms with Crippen molar-refractivity contribution in [2.24, 2.45) is 7.05 Å². The summed E-state index contributed by atoms with van der Waals surface area (Å²) in [6, 6.07) is 7.68. The number of hydrogen-bond donors (Lipinski definition) is 2. The molecule has 1 atom stereocenters. The van der Waals surface area contributed by atoms with Gasteiger partial charge in [0, 0.05) is 31.2 Å². The van der Waals surface area contributed by atoms with Crippen LogP contribution in [-0.2, 0) is 11.6 Å². The van der Waals surface area contributed by atoms with Crippen LogP contribution in [0.15, 0.2) is 49.1 Å². The Balaban J connectivity index is 2.28. The third-order valence-corrected chi connectivity index (χ3v) is 4.32. The van der Waals surface area contributed by atoms with Gasteiger partial charge in [0.1, 0.15) is 7.05 Å². The fourth-order valence-corrected chi connectivity index (χ4v) is 2.25. The van der Waals surface area contributed by atoms with Gasteiger partial charge < -0.3 is 9.79 Å². The van der Waals surface area contributed by atoms with Crippen molar-refractivity contribution in [1.82, 2.24) is 0 Å². The monoisotopic (exact) mass is 280 g/mol. The zero-order chi connectivity index (χ0) is 14.0. The highest BCUT2D eigenvalue weighted by Gasteiger charge is 2.32. The quantitative estimate of drug-likeness (QED) is 0.655. The van der Waals surface area contributed by atoms with Crippen molar-refractivity contribution < 1.29 is 23.5 Å². The van der Waals surface area contributed by atoms with E-state index in [9.17, 15) is 4.57 Å². The Bertz CT molecular complexity index is 605. The number of rotatable bonds is 3. The van der Waals surface area contributed by atoms with Crippen molar-refractivity contribution in [2.45, 2.75) is 12.7 Å². The summed E-state index contributed by atoms with van der Waals surface area (Å²) >= 11 is 0. The van der Waals surface area contributed by atoms with Crippen LogP contribution in [0.2, 0.25) is 0 Å². The molecule has 0 saturated heterocycles. The topological polar surface area (TPSA) is 65.3 Å². The molecule has 0 bridgehead atoms. The van der Waals surface area contributed by atoms with Gasteiger partial charge in [0.15, 0.2) is 24.8 Å². The molecule has 0 spiro atoms. The molecule has 0 aromatic carbocycles. The van der Waals surface area contributed by atoms with Gasteiger partial charge in [0.05, 0.1) is 0 Å². The number of pyridine rings is 2. The number of aromatic nitrogens is 2. The van der Waals surface area contributed by atoms with Gasteiger partial charge in [-0.25, -0.2) is 4.57 Å². The van der Waals surface area contributed by atoms with Crippen LogP contribution in [-0.4, -0.2) is 9.79 Å². The minimum absolute atomic E-state index is 0.852. The standard InChI is InChI=1S/C13H15N2O3P/c1-11(19(16,17)18)15-9-5-13(6-10-15)12-3-7-14(2)8-4-12/h3-11H,1-2H3/p+2. The van der Waals surface area contributed by atoms with Crippen molar-refractivity contribution in [3.8, 4) is 11.1 Å². The Morgan fingerprint density at radius 2 is 1.42 bits per heavy atom. The van der Waals surface area contributed by atoms with E-state index in [-0.39, 0.29) is 0 Å². The molecule has 0 saturated carbocycles. The summed E-state index contributed by atoms with van der Waals surface area (Å²) in [5.41, 5.74) is 2.07. The molecule has 2 aromatic rings. The van der Waals surface area contributed by atoms with E-state index in [1.165, 1.54) is 11.5 Å². The highest BCUT2D eigenvalue weighted by Crippen LogP contribution is 2.45. The molecule has 2 aromatic heterocycles. The van der Waals surface area contributed by atoms with Crippen LogP contribution < -0.4 is 9.13 Å². The molecular weight excluding hydrogens is 263 g/mol. The lowest BCUT2D eigenvalue weighted by molar-refractivity contribution is -0.701. The minimum Gasteiger partial charge on any atom is -0.320 e. The number of aryl methyl sites for hydroxylation is 1. The van der Waals surface area contributed by atoms with Crippen LogP contribution in [0.1, 0.15) is 12.7 Å². The summed E-state index contributed by atoms with van der Waals surface area (Å²) in [6.07, 6.45) is 7.28. The zero-order valence-corrected chi connectivity index (χ0v) is 11.7. The summed E-state index contributed by atoms with van der Waals surface area (Å²) in [4.78, 5) is 18.3. The van der Waals surface area contributed by atoms with Crippen LogP contribution in [0, 0.1) is 0 Å². The summed E-state index contributed by atoms with van der Waals surface area (Å²) in [7, 11) is -2.16. The highest BCUT2D eigenvalue weighted by molar-refractivity contribution is 7.51. The predicted molar refractivity (Wildman–Crippen MR) is 70.0 cm³/mol. The number of hydrogen-bond acceptors (Lipinski definition) is 1. The smallest absolute Gasteiger partial charge is 0.320 e. The molecule has 0 amide bonds. The second-order valence-electron chi connectivity index (χ2n) is 4.51. The lowest BCUT2D eigenvalue weighted by Crippen LogP contribution is -2.36. The van der Waals surface area contributed by atoms with E-state index in [4.69, 9.17) is 9.79 Å². The summed E-state index contributed by atoms with van der Waals surface area (Å²) in [5.74, 6) is -0.852. The van der Waals surface area contributed by atoms with Crippen molar-refractivity contribution >= 4 is 7.60 Å². The molecule has 0 radical (unpaired) electrons. The van der Waals surface area contributed by atoms with Gasteiger partial charge >= 0.3 is 7.60 Å². The van der Waals surface area contributed by atoms with Gasteiger partial charge in [-0.1, -0.05) is 0 Å². The van der Waals surface area contributed by atoms with Crippen molar-refractivity contribution in [1.29, 1.82) is 0 Å². The summed E-state index contributed by atoms with van der Waals surface area (Å²) < 4.78 is 14.7. The van der Waals surface area contributed by atoms with Crippen LogP contribution in [0.3, 0.4) is 0 Å². The Hall–Kier alpha value is -1.55. The largest absolute Gasteiger partial charge is 0.392 e. The van der Waals surface area contributed by atoms with Crippen molar-refractivity contribution in [2.75, 3.05) is 0 Å². The third-order valence-electron chi connectivity index (χ3n) is 3.08. The van der Waals surface area contributed by atoms with E-state index >= 15 is 0 Å². The maximum Gasteiger partial charge on any atom is 0.392 e. The van der Waals surface area contributed by atoms with E-state index in [1.807, 2.05) is 48.3 Å². The van der Waals surface area contributed by atoms with E-state index in [2.05, 4.69) is 0 Å². The Morgan fingerprint density at radius 3 is 1.84 bits per heavy atom. The first-order valence-corrected chi connectivity index (χ1v) is 7.58. The van der Waals surface area contributed by atoms with Crippen LogP contribution >= 0.6 is 7.60 Å². The molecule has 0 aliphatic carbocycles. The van der Waals surface area contributed by atoms with Crippen LogP contribution in [0.5, 0.6) is 0 Å². The fourth-order valence-electron chi connectivity index (χ4n) is 1.75. The van der Waals surface area contributed by atoms with Gasteiger partial charge in [-0.05, 0) is 11.1 Å². The summed E-state index contributed by atoms with van der Waals surface area (Å²) in [5, 5.41) is 0.